The summed E-state index contributed by atoms with van der Waals surface area (Å²) < 4.78 is 12.2. The van der Waals surface area contributed by atoms with Crippen molar-refractivity contribution >= 4 is 18.4 Å². The standard InChI is InChI=1S/C11H15O.3C4H9.Sn/c1-12-10-6-5-9-11-7-3-2-4-8-11;3*1-3-4-2;/h2-4,7-8H,1,5-6,9-10H2;3*1,3-4H2,2H3;. The van der Waals surface area contributed by atoms with Gasteiger partial charge in [0.2, 0.25) is 0 Å². The fourth-order valence-electron chi connectivity index (χ4n) is 3.71. The number of hydrogen-bond acceptors (Lipinski definition) is 1. The molecular formula is C23H42OSn. The average molecular weight is 453 g/mol. The molecule has 2 heteroatoms. The van der Waals surface area contributed by atoms with Gasteiger partial charge in [-0.05, 0) is 0 Å². The summed E-state index contributed by atoms with van der Waals surface area (Å²) >= 11 is -2.05. The Bertz CT molecular complexity index is 382. The third kappa shape index (κ3) is 10.7. The van der Waals surface area contributed by atoms with E-state index in [0.29, 0.717) is 0 Å². The summed E-state index contributed by atoms with van der Waals surface area (Å²) in [7, 11) is 0. The second-order valence-corrected chi connectivity index (χ2v) is 21.5. The molecule has 1 aromatic carbocycles. The van der Waals surface area contributed by atoms with Crippen LogP contribution in [-0.2, 0) is 11.2 Å². The number of rotatable bonds is 16. The van der Waals surface area contributed by atoms with E-state index in [2.05, 4.69) is 51.1 Å². The number of benzene rings is 1. The van der Waals surface area contributed by atoms with E-state index < -0.39 is 18.4 Å². The minimum absolute atomic E-state index is 0.982. The van der Waals surface area contributed by atoms with Gasteiger partial charge in [0.25, 0.3) is 0 Å². The number of unbranched alkanes of at least 4 members (excludes halogenated alkanes) is 4. The second kappa shape index (κ2) is 15.1. The Hall–Kier alpha value is -0.0213. The van der Waals surface area contributed by atoms with Gasteiger partial charge in [0, 0.05) is 0 Å². The van der Waals surface area contributed by atoms with Crippen molar-refractivity contribution in [2.75, 3.05) is 11.2 Å². The van der Waals surface area contributed by atoms with Crippen molar-refractivity contribution in [3.05, 3.63) is 35.9 Å². The number of hydrogen-bond donors (Lipinski definition) is 0. The Morgan fingerprint density at radius 1 is 0.720 bits per heavy atom. The minimum atomic E-state index is -2.05. The van der Waals surface area contributed by atoms with Crippen molar-refractivity contribution in [2.24, 2.45) is 0 Å². The maximum absolute atomic E-state index is 6.32. The quantitative estimate of drug-likeness (QED) is 0.187. The van der Waals surface area contributed by atoms with Crippen LogP contribution in [0.5, 0.6) is 0 Å². The molecule has 144 valence electrons. The molecule has 0 spiro atoms. The molecule has 0 saturated carbocycles. The van der Waals surface area contributed by atoms with Crippen LogP contribution in [0.1, 0.15) is 77.7 Å². The first kappa shape index (κ1) is 23.0. The van der Waals surface area contributed by atoms with Gasteiger partial charge in [-0.1, -0.05) is 0 Å². The van der Waals surface area contributed by atoms with Crippen LogP contribution in [0.25, 0.3) is 0 Å². The van der Waals surface area contributed by atoms with E-state index in [1.807, 2.05) is 0 Å². The van der Waals surface area contributed by atoms with Crippen LogP contribution >= 0.6 is 0 Å². The Balaban J connectivity index is 2.35. The Kier molecular flexibility index (Phi) is 13.9. The molecule has 0 saturated heterocycles. The van der Waals surface area contributed by atoms with Crippen LogP contribution in [0.4, 0.5) is 0 Å². The first-order valence-corrected chi connectivity index (χ1v) is 18.9. The molecule has 0 aliphatic carbocycles. The predicted octanol–water partition coefficient (Wildman–Crippen LogP) is 7.41. The Labute approximate surface area is 161 Å². The predicted molar refractivity (Wildman–Crippen MR) is 115 cm³/mol. The van der Waals surface area contributed by atoms with Gasteiger partial charge in [-0.3, -0.25) is 0 Å². The molecule has 1 nitrogen and oxygen atoms in total. The van der Waals surface area contributed by atoms with Gasteiger partial charge < -0.3 is 0 Å². The van der Waals surface area contributed by atoms with Crippen LogP contribution in [0.2, 0.25) is 13.3 Å². The van der Waals surface area contributed by atoms with Gasteiger partial charge in [0.05, 0.1) is 0 Å². The van der Waals surface area contributed by atoms with Crippen molar-refractivity contribution < 1.29 is 4.74 Å². The molecule has 0 aliphatic rings. The number of ether oxygens (including phenoxy) is 1. The van der Waals surface area contributed by atoms with Crippen molar-refractivity contribution in [3.63, 3.8) is 0 Å². The zero-order valence-corrected chi connectivity index (χ0v) is 20.0. The van der Waals surface area contributed by atoms with E-state index in [1.165, 1.54) is 68.0 Å². The van der Waals surface area contributed by atoms with Crippen LogP contribution in [0.3, 0.4) is 0 Å². The molecule has 0 amide bonds. The van der Waals surface area contributed by atoms with Crippen molar-refractivity contribution in [1.29, 1.82) is 0 Å². The topological polar surface area (TPSA) is 9.23 Å². The third-order valence-electron chi connectivity index (χ3n) is 5.44. The zero-order valence-electron chi connectivity index (χ0n) is 17.2. The summed E-state index contributed by atoms with van der Waals surface area (Å²) in [4.78, 5) is 0. The van der Waals surface area contributed by atoms with Gasteiger partial charge in [-0.15, -0.1) is 0 Å². The Morgan fingerprint density at radius 3 is 1.80 bits per heavy atom. The van der Waals surface area contributed by atoms with Gasteiger partial charge >= 0.3 is 162 Å². The molecule has 25 heavy (non-hydrogen) atoms. The maximum atomic E-state index is 6.32. The molecular weight excluding hydrogens is 411 g/mol. The molecule has 0 aliphatic heterocycles. The molecule has 1 rings (SSSR count). The first-order chi connectivity index (χ1) is 12.3. The first-order valence-electron chi connectivity index (χ1n) is 10.9. The molecule has 0 atom stereocenters. The summed E-state index contributed by atoms with van der Waals surface area (Å²) in [6, 6.07) is 10.9. The summed E-state index contributed by atoms with van der Waals surface area (Å²) in [6.07, 6.45) is 12.1. The molecule has 0 bridgehead atoms. The van der Waals surface area contributed by atoms with E-state index in [1.54, 1.807) is 13.3 Å². The Morgan fingerprint density at radius 2 is 1.28 bits per heavy atom. The van der Waals surface area contributed by atoms with E-state index >= 15 is 0 Å². The van der Waals surface area contributed by atoms with E-state index in [4.69, 9.17) is 4.74 Å². The molecule has 0 radical (unpaired) electrons. The van der Waals surface area contributed by atoms with Crippen LogP contribution in [0, 0.1) is 0 Å². The summed E-state index contributed by atoms with van der Waals surface area (Å²) in [6.45, 7) is 8.03. The number of aryl methyl sites for hydroxylation is 1. The van der Waals surface area contributed by atoms with Crippen molar-refractivity contribution in [2.45, 2.75) is 91.9 Å². The van der Waals surface area contributed by atoms with Gasteiger partial charge in [0.1, 0.15) is 0 Å². The molecule has 0 fully saturated rings. The van der Waals surface area contributed by atoms with Crippen molar-refractivity contribution in [3.8, 4) is 0 Å². The van der Waals surface area contributed by atoms with Crippen molar-refractivity contribution in [1.82, 2.24) is 0 Å². The van der Waals surface area contributed by atoms with Crippen LogP contribution < -0.4 is 0 Å². The summed E-state index contributed by atoms with van der Waals surface area (Å²) in [5, 5.41) is 0. The molecule has 1 aromatic rings. The van der Waals surface area contributed by atoms with Gasteiger partial charge in [-0.25, -0.2) is 0 Å². The SMILES string of the molecule is CCC[CH2][Sn]([CH2]CCC)([CH2]CCC)[CH2]OCCCCc1ccccc1. The molecule has 0 N–H and O–H groups in total. The van der Waals surface area contributed by atoms with Gasteiger partial charge in [0.15, 0.2) is 0 Å². The zero-order chi connectivity index (χ0) is 18.2. The fourth-order valence-corrected chi connectivity index (χ4v) is 18.2. The second-order valence-electron chi connectivity index (χ2n) is 7.81. The average Bonchev–Trinajstić information content (AvgIpc) is 2.66. The fraction of sp³-hybridized carbons (Fsp3) is 0.739. The monoisotopic (exact) mass is 454 g/mol. The molecule has 0 unspecified atom stereocenters. The summed E-state index contributed by atoms with van der Waals surface area (Å²) in [5.41, 5.74) is 1.46. The summed E-state index contributed by atoms with van der Waals surface area (Å²) in [5.74, 6) is 0. The van der Waals surface area contributed by atoms with E-state index in [0.717, 1.165) is 6.61 Å². The third-order valence-corrected chi connectivity index (χ3v) is 19.9. The van der Waals surface area contributed by atoms with Crippen LogP contribution in [-0.4, -0.2) is 29.6 Å². The molecule has 0 heterocycles. The van der Waals surface area contributed by atoms with Gasteiger partial charge in [-0.2, -0.15) is 0 Å². The van der Waals surface area contributed by atoms with E-state index in [-0.39, 0.29) is 0 Å². The normalized spacial score (nSPS) is 11.8. The molecule has 0 aromatic heterocycles. The van der Waals surface area contributed by atoms with Crippen LogP contribution in [0.15, 0.2) is 30.3 Å². The van der Waals surface area contributed by atoms with E-state index in [9.17, 15) is 0 Å².